The second kappa shape index (κ2) is 6.00. The quantitative estimate of drug-likeness (QED) is 0.905. The zero-order valence-corrected chi connectivity index (χ0v) is 11.0. The molecule has 0 unspecified atom stereocenters. The Morgan fingerprint density at radius 3 is 3.00 bits per heavy atom. The van der Waals surface area contributed by atoms with Gasteiger partial charge in [-0.05, 0) is 24.7 Å². The van der Waals surface area contributed by atoms with E-state index in [1.165, 1.54) is 0 Å². The molecule has 2 rings (SSSR count). The molecule has 1 N–H and O–H groups in total. The molecular formula is C12H13ClN2OS. The van der Waals surface area contributed by atoms with Gasteiger partial charge in [-0.25, -0.2) is 0 Å². The third-order valence-corrected chi connectivity index (χ3v) is 3.28. The maximum absolute atomic E-state index is 6.14. The topological polar surface area (TPSA) is 34.1 Å². The second-order valence-electron chi connectivity index (χ2n) is 3.55. The van der Waals surface area contributed by atoms with Crippen LogP contribution in [0.2, 0.25) is 5.02 Å². The Kier molecular flexibility index (Phi) is 4.36. The third-order valence-electron chi connectivity index (χ3n) is 2.23. The standard InChI is InChI=1S/C12H13ClN2OS/c1-14-5-9-2-3-12(11(13)4-9)16-7-10-6-15-8-17-10/h2-4,6,8,14H,5,7H2,1H3. The van der Waals surface area contributed by atoms with Crippen molar-refractivity contribution in [1.82, 2.24) is 10.3 Å². The van der Waals surface area contributed by atoms with Gasteiger partial charge in [-0.15, -0.1) is 11.3 Å². The molecule has 1 aromatic carbocycles. The number of benzene rings is 1. The lowest BCUT2D eigenvalue weighted by atomic mass is 10.2. The van der Waals surface area contributed by atoms with E-state index in [1.54, 1.807) is 23.0 Å². The Hall–Kier alpha value is -1.10. The molecule has 0 bridgehead atoms. The van der Waals surface area contributed by atoms with Crippen LogP contribution in [-0.4, -0.2) is 12.0 Å². The highest BCUT2D eigenvalue weighted by molar-refractivity contribution is 7.09. The van der Waals surface area contributed by atoms with Crippen LogP contribution >= 0.6 is 22.9 Å². The fourth-order valence-corrected chi connectivity index (χ4v) is 2.20. The van der Waals surface area contributed by atoms with E-state index < -0.39 is 0 Å². The molecule has 0 saturated heterocycles. The van der Waals surface area contributed by atoms with Gasteiger partial charge in [0.25, 0.3) is 0 Å². The lowest BCUT2D eigenvalue weighted by Gasteiger charge is -2.08. The lowest BCUT2D eigenvalue weighted by Crippen LogP contribution is -2.05. The van der Waals surface area contributed by atoms with Gasteiger partial charge < -0.3 is 10.1 Å². The summed E-state index contributed by atoms with van der Waals surface area (Å²) in [6, 6.07) is 5.82. The highest BCUT2D eigenvalue weighted by atomic mass is 35.5. The second-order valence-corrected chi connectivity index (χ2v) is 4.93. The summed E-state index contributed by atoms with van der Waals surface area (Å²) in [6.45, 7) is 1.31. The number of halogens is 1. The number of aromatic nitrogens is 1. The molecule has 0 radical (unpaired) electrons. The average molecular weight is 269 g/mol. The molecule has 0 atom stereocenters. The van der Waals surface area contributed by atoms with Gasteiger partial charge in [-0.2, -0.15) is 0 Å². The number of nitrogens with one attached hydrogen (secondary N) is 1. The Morgan fingerprint density at radius 1 is 1.47 bits per heavy atom. The van der Waals surface area contributed by atoms with Crippen LogP contribution in [0, 0.1) is 0 Å². The first kappa shape index (κ1) is 12.4. The van der Waals surface area contributed by atoms with E-state index in [-0.39, 0.29) is 0 Å². The van der Waals surface area contributed by atoms with Crippen molar-refractivity contribution in [3.63, 3.8) is 0 Å². The van der Waals surface area contributed by atoms with Crippen molar-refractivity contribution in [2.45, 2.75) is 13.2 Å². The molecule has 0 aliphatic carbocycles. The van der Waals surface area contributed by atoms with Crippen LogP contribution in [0.1, 0.15) is 10.4 Å². The summed E-state index contributed by atoms with van der Waals surface area (Å²) in [6.07, 6.45) is 1.80. The smallest absolute Gasteiger partial charge is 0.138 e. The number of hydrogen-bond donors (Lipinski definition) is 1. The first-order valence-corrected chi connectivity index (χ1v) is 6.48. The van der Waals surface area contributed by atoms with Gasteiger partial charge in [0.05, 0.1) is 15.4 Å². The minimum atomic E-state index is 0.510. The number of rotatable bonds is 5. The molecule has 17 heavy (non-hydrogen) atoms. The van der Waals surface area contributed by atoms with Crippen LogP contribution < -0.4 is 10.1 Å². The van der Waals surface area contributed by atoms with Crippen LogP contribution in [0.25, 0.3) is 0 Å². The molecular weight excluding hydrogens is 256 g/mol. The molecule has 0 aliphatic rings. The molecule has 1 heterocycles. The maximum Gasteiger partial charge on any atom is 0.138 e. The van der Waals surface area contributed by atoms with Crippen molar-refractivity contribution >= 4 is 22.9 Å². The van der Waals surface area contributed by atoms with Crippen LogP contribution in [0.3, 0.4) is 0 Å². The molecule has 3 nitrogen and oxygen atoms in total. The Bertz CT molecular complexity index is 473. The van der Waals surface area contributed by atoms with Gasteiger partial charge in [0.2, 0.25) is 0 Å². The first-order chi connectivity index (χ1) is 8.29. The Balaban J connectivity index is 2.01. The fraction of sp³-hybridized carbons (Fsp3) is 0.250. The predicted molar refractivity (Wildman–Crippen MR) is 70.7 cm³/mol. The van der Waals surface area contributed by atoms with E-state index in [0.717, 1.165) is 17.0 Å². The largest absolute Gasteiger partial charge is 0.486 e. The summed E-state index contributed by atoms with van der Waals surface area (Å²) >= 11 is 7.71. The number of nitrogens with zero attached hydrogens (tertiary/aromatic N) is 1. The van der Waals surface area contributed by atoms with Crippen LogP contribution in [-0.2, 0) is 13.2 Å². The Morgan fingerprint density at radius 2 is 2.35 bits per heavy atom. The van der Waals surface area contributed by atoms with Crippen molar-refractivity contribution in [3.05, 3.63) is 45.4 Å². The number of thiazole rings is 1. The average Bonchev–Trinajstić information content (AvgIpc) is 2.81. The molecule has 0 saturated carbocycles. The van der Waals surface area contributed by atoms with Crippen molar-refractivity contribution in [3.8, 4) is 5.75 Å². The number of hydrogen-bond acceptors (Lipinski definition) is 4. The van der Waals surface area contributed by atoms with Crippen LogP contribution in [0.4, 0.5) is 0 Å². The SMILES string of the molecule is CNCc1ccc(OCc2cncs2)c(Cl)c1. The van der Waals surface area contributed by atoms with Crippen molar-refractivity contribution in [2.24, 2.45) is 0 Å². The van der Waals surface area contributed by atoms with E-state index in [2.05, 4.69) is 10.3 Å². The molecule has 2 aromatic rings. The maximum atomic E-state index is 6.14. The van der Waals surface area contributed by atoms with E-state index in [0.29, 0.717) is 17.4 Å². The highest BCUT2D eigenvalue weighted by Crippen LogP contribution is 2.26. The Labute approximate surface area is 109 Å². The zero-order chi connectivity index (χ0) is 12.1. The van der Waals surface area contributed by atoms with Gasteiger partial charge in [-0.3, -0.25) is 4.98 Å². The van der Waals surface area contributed by atoms with Gasteiger partial charge >= 0.3 is 0 Å². The summed E-state index contributed by atoms with van der Waals surface area (Å²) in [5, 5.41) is 3.72. The molecule has 0 spiro atoms. The molecule has 5 heteroatoms. The van der Waals surface area contributed by atoms with Gasteiger partial charge in [0.1, 0.15) is 12.4 Å². The summed E-state index contributed by atoms with van der Waals surface area (Å²) in [5.74, 6) is 0.708. The zero-order valence-electron chi connectivity index (χ0n) is 9.44. The summed E-state index contributed by atoms with van der Waals surface area (Å²) in [5.41, 5.74) is 2.93. The van der Waals surface area contributed by atoms with Crippen molar-refractivity contribution < 1.29 is 4.74 Å². The van der Waals surface area contributed by atoms with Gasteiger partial charge in [-0.1, -0.05) is 17.7 Å². The molecule has 0 amide bonds. The van der Waals surface area contributed by atoms with Gasteiger partial charge in [0, 0.05) is 12.7 Å². The van der Waals surface area contributed by atoms with E-state index >= 15 is 0 Å². The van der Waals surface area contributed by atoms with Crippen LogP contribution in [0.15, 0.2) is 29.9 Å². The molecule has 1 aromatic heterocycles. The summed E-state index contributed by atoms with van der Waals surface area (Å²) < 4.78 is 5.63. The monoisotopic (exact) mass is 268 g/mol. The third kappa shape index (κ3) is 3.43. The minimum absolute atomic E-state index is 0.510. The summed E-state index contributed by atoms with van der Waals surface area (Å²) in [7, 11) is 1.90. The van der Waals surface area contributed by atoms with Crippen molar-refractivity contribution in [1.29, 1.82) is 0 Å². The predicted octanol–water partition coefficient (Wildman–Crippen LogP) is 3.09. The highest BCUT2D eigenvalue weighted by Gasteiger charge is 2.04. The van der Waals surface area contributed by atoms with E-state index in [1.807, 2.05) is 25.2 Å². The van der Waals surface area contributed by atoms with E-state index in [9.17, 15) is 0 Å². The molecule has 90 valence electrons. The molecule has 0 fully saturated rings. The lowest BCUT2D eigenvalue weighted by molar-refractivity contribution is 0.309. The summed E-state index contributed by atoms with van der Waals surface area (Å²) in [4.78, 5) is 5.08. The normalized spacial score (nSPS) is 10.5. The van der Waals surface area contributed by atoms with Crippen LogP contribution in [0.5, 0.6) is 5.75 Å². The van der Waals surface area contributed by atoms with E-state index in [4.69, 9.17) is 16.3 Å². The first-order valence-electron chi connectivity index (χ1n) is 5.23. The van der Waals surface area contributed by atoms with Crippen molar-refractivity contribution in [2.75, 3.05) is 7.05 Å². The number of ether oxygens (including phenoxy) is 1. The van der Waals surface area contributed by atoms with Gasteiger partial charge in [0.15, 0.2) is 0 Å². The molecule has 0 aliphatic heterocycles. The minimum Gasteiger partial charge on any atom is -0.486 e. The fourth-order valence-electron chi connectivity index (χ4n) is 1.44.